The number of hydrogen-bond acceptors (Lipinski definition) is 1. The highest BCUT2D eigenvalue weighted by Crippen LogP contribution is 2.15. The minimum atomic E-state index is -0.905. The standard InChI is InChI=1S/C9H10BrNO2/c1-2-3-4-11-6-7(9(12)13)5-8(11)10/h2,5-6H,1,3-4H2,(H,12,13). The molecule has 0 radical (unpaired) electrons. The number of carboxylic acid groups (broad SMARTS) is 1. The summed E-state index contributed by atoms with van der Waals surface area (Å²) in [6.45, 7) is 4.35. The van der Waals surface area contributed by atoms with Gasteiger partial charge in [-0.15, -0.1) is 6.58 Å². The second-order valence-corrected chi connectivity index (χ2v) is 3.44. The summed E-state index contributed by atoms with van der Waals surface area (Å²) in [7, 11) is 0. The number of rotatable bonds is 4. The molecule has 3 nitrogen and oxygen atoms in total. The highest BCUT2D eigenvalue weighted by molar-refractivity contribution is 9.10. The van der Waals surface area contributed by atoms with Crippen molar-refractivity contribution in [2.75, 3.05) is 0 Å². The van der Waals surface area contributed by atoms with Crippen LogP contribution in [0.5, 0.6) is 0 Å². The Morgan fingerprint density at radius 1 is 1.77 bits per heavy atom. The summed E-state index contributed by atoms with van der Waals surface area (Å²) >= 11 is 3.28. The summed E-state index contributed by atoms with van der Waals surface area (Å²) in [6.07, 6.45) is 4.23. The smallest absolute Gasteiger partial charge is 0.337 e. The van der Waals surface area contributed by atoms with E-state index in [1.807, 2.05) is 4.57 Å². The van der Waals surface area contributed by atoms with Crippen LogP contribution in [0.15, 0.2) is 29.5 Å². The van der Waals surface area contributed by atoms with Crippen molar-refractivity contribution in [1.29, 1.82) is 0 Å². The van der Waals surface area contributed by atoms with Gasteiger partial charge in [-0.1, -0.05) is 6.08 Å². The van der Waals surface area contributed by atoms with Crippen molar-refractivity contribution < 1.29 is 9.90 Å². The molecule has 0 atom stereocenters. The Hall–Kier alpha value is -1.03. The number of carbonyl (C=O) groups is 1. The maximum absolute atomic E-state index is 10.6. The normalized spacial score (nSPS) is 9.92. The molecule has 0 aliphatic rings. The first-order valence-corrected chi connectivity index (χ1v) is 4.64. The maximum Gasteiger partial charge on any atom is 0.337 e. The molecule has 1 N–H and O–H groups in total. The Bertz CT molecular complexity index is 330. The van der Waals surface area contributed by atoms with E-state index in [2.05, 4.69) is 22.5 Å². The largest absolute Gasteiger partial charge is 0.478 e. The molecule has 0 fully saturated rings. The van der Waals surface area contributed by atoms with Crippen LogP contribution in [0.4, 0.5) is 0 Å². The van der Waals surface area contributed by atoms with Gasteiger partial charge in [0.15, 0.2) is 0 Å². The summed E-state index contributed by atoms with van der Waals surface area (Å²) in [5.41, 5.74) is 0.302. The number of hydrogen-bond donors (Lipinski definition) is 1. The van der Waals surface area contributed by atoms with Gasteiger partial charge in [-0.25, -0.2) is 4.79 Å². The first-order chi connectivity index (χ1) is 6.15. The monoisotopic (exact) mass is 243 g/mol. The highest BCUT2D eigenvalue weighted by Gasteiger charge is 2.08. The van der Waals surface area contributed by atoms with Gasteiger partial charge in [-0.2, -0.15) is 0 Å². The molecule has 0 spiro atoms. The van der Waals surface area contributed by atoms with Gasteiger partial charge in [0, 0.05) is 12.7 Å². The number of allylic oxidation sites excluding steroid dienone is 1. The number of aromatic carboxylic acids is 1. The van der Waals surface area contributed by atoms with Gasteiger partial charge in [0.1, 0.15) is 0 Å². The lowest BCUT2D eigenvalue weighted by Crippen LogP contribution is -1.96. The summed E-state index contributed by atoms with van der Waals surface area (Å²) in [4.78, 5) is 10.6. The van der Waals surface area contributed by atoms with Gasteiger partial charge < -0.3 is 9.67 Å². The molecule has 13 heavy (non-hydrogen) atoms. The quantitative estimate of drug-likeness (QED) is 0.827. The van der Waals surface area contributed by atoms with Crippen LogP contribution in [0.25, 0.3) is 0 Å². The zero-order chi connectivity index (χ0) is 9.84. The topological polar surface area (TPSA) is 42.2 Å². The van der Waals surface area contributed by atoms with Crippen molar-refractivity contribution in [2.45, 2.75) is 13.0 Å². The second-order valence-electron chi connectivity index (χ2n) is 2.63. The lowest BCUT2D eigenvalue weighted by atomic mass is 10.3. The van der Waals surface area contributed by atoms with E-state index in [0.717, 1.165) is 17.6 Å². The molecule has 70 valence electrons. The lowest BCUT2D eigenvalue weighted by molar-refractivity contribution is 0.0697. The van der Waals surface area contributed by atoms with Crippen LogP contribution in [0, 0.1) is 0 Å². The molecule has 0 aliphatic carbocycles. The summed E-state index contributed by atoms with van der Waals surface area (Å²) in [6, 6.07) is 1.59. The van der Waals surface area contributed by atoms with E-state index in [9.17, 15) is 4.79 Å². The maximum atomic E-state index is 10.6. The van der Waals surface area contributed by atoms with E-state index in [4.69, 9.17) is 5.11 Å². The minimum absolute atomic E-state index is 0.302. The fraction of sp³-hybridized carbons (Fsp3) is 0.222. The Morgan fingerprint density at radius 3 is 2.92 bits per heavy atom. The molecule has 0 saturated heterocycles. The van der Waals surface area contributed by atoms with Crippen molar-refractivity contribution in [3.8, 4) is 0 Å². The molecule has 0 unspecified atom stereocenters. The molecule has 0 aromatic carbocycles. The Morgan fingerprint density at radius 2 is 2.46 bits per heavy atom. The molecular weight excluding hydrogens is 234 g/mol. The molecule has 0 aliphatic heterocycles. The van der Waals surface area contributed by atoms with Gasteiger partial charge in [-0.05, 0) is 28.4 Å². The third-order valence-electron chi connectivity index (χ3n) is 1.66. The fourth-order valence-electron chi connectivity index (χ4n) is 0.997. The van der Waals surface area contributed by atoms with Gasteiger partial charge in [0.2, 0.25) is 0 Å². The van der Waals surface area contributed by atoms with Crippen molar-refractivity contribution in [3.63, 3.8) is 0 Å². The van der Waals surface area contributed by atoms with Crippen LogP contribution in [0.2, 0.25) is 0 Å². The van der Waals surface area contributed by atoms with E-state index in [1.165, 1.54) is 0 Å². The third-order valence-corrected chi connectivity index (χ3v) is 2.35. The number of aryl methyl sites for hydroxylation is 1. The number of halogens is 1. The summed E-state index contributed by atoms with van der Waals surface area (Å²) in [5, 5.41) is 8.69. The second kappa shape index (κ2) is 4.28. The molecule has 1 aromatic rings. The molecule has 4 heteroatoms. The van der Waals surface area contributed by atoms with E-state index < -0.39 is 5.97 Å². The number of nitrogens with zero attached hydrogens (tertiary/aromatic N) is 1. The van der Waals surface area contributed by atoms with E-state index in [-0.39, 0.29) is 0 Å². The predicted molar refractivity (Wildman–Crippen MR) is 53.9 cm³/mol. The van der Waals surface area contributed by atoms with E-state index in [0.29, 0.717) is 5.56 Å². The van der Waals surface area contributed by atoms with Crippen molar-refractivity contribution in [2.24, 2.45) is 0 Å². The third kappa shape index (κ3) is 2.45. The van der Waals surface area contributed by atoms with Gasteiger partial charge in [-0.3, -0.25) is 0 Å². The Labute approximate surface area is 84.8 Å². The predicted octanol–water partition coefficient (Wildman–Crippen LogP) is 2.52. The van der Waals surface area contributed by atoms with E-state index in [1.54, 1.807) is 18.3 Å². The highest BCUT2D eigenvalue weighted by atomic mass is 79.9. The lowest BCUT2D eigenvalue weighted by Gasteiger charge is -2.00. The Balaban J connectivity index is 2.83. The minimum Gasteiger partial charge on any atom is -0.478 e. The zero-order valence-electron chi connectivity index (χ0n) is 7.03. The van der Waals surface area contributed by atoms with Gasteiger partial charge in [0.25, 0.3) is 0 Å². The molecule has 1 rings (SSSR count). The van der Waals surface area contributed by atoms with Gasteiger partial charge >= 0.3 is 5.97 Å². The molecule has 0 bridgehead atoms. The first-order valence-electron chi connectivity index (χ1n) is 3.85. The fourth-order valence-corrected chi connectivity index (χ4v) is 1.52. The zero-order valence-corrected chi connectivity index (χ0v) is 8.62. The van der Waals surface area contributed by atoms with Crippen LogP contribution < -0.4 is 0 Å². The van der Waals surface area contributed by atoms with Crippen LogP contribution in [0.1, 0.15) is 16.8 Å². The average molecular weight is 244 g/mol. The number of carboxylic acids is 1. The van der Waals surface area contributed by atoms with Crippen molar-refractivity contribution in [1.82, 2.24) is 4.57 Å². The summed E-state index contributed by atoms with van der Waals surface area (Å²) in [5.74, 6) is -0.905. The van der Waals surface area contributed by atoms with Crippen LogP contribution in [0.3, 0.4) is 0 Å². The van der Waals surface area contributed by atoms with Crippen molar-refractivity contribution >= 4 is 21.9 Å². The molecule has 0 amide bonds. The van der Waals surface area contributed by atoms with E-state index >= 15 is 0 Å². The van der Waals surface area contributed by atoms with Crippen LogP contribution >= 0.6 is 15.9 Å². The Kier molecular flexibility index (Phi) is 3.31. The van der Waals surface area contributed by atoms with Crippen LogP contribution in [-0.2, 0) is 6.54 Å². The number of aromatic nitrogens is 1. The molecule has 0 saturated carbocycles. The van der Waals surface area contributed by atoms with Gasteiger partial charge in [0.05, 0.1) is 10.2 Å². The van der Waals surface area contributed by atoms with Crippen LogP contribution in [-0.4, -0.2) is 15.6 Å². The SMILES string of the molecule is C=CCCn1cc(C(=O)O)cc1Br. The summed E-state index contributed by atoms with van der Waals surface area (Å²) < 4.78 is 2.62. The molecule has 1 aromatic heterocycles. The first kappa shape index (κ1) is 10.1. The van der Waals surface area contributed by atoms with Crippen molar-refractivity contribution in [3.05, 3.63) is 35.1 Å². The molecule has 1 heterocycles. The average Bonchev–Trinajstić information content (AvgIpc) is 2.44. The molecular formula is C9H10BrNO2.